The minimum absolute atomic E-state index is 0.00103. The van der Waals surface area contributed by atoms with Crippen LogP contribution in [0, 0.1) is 29.1 Å². The van der Waals surface area contributed by atoms with E-state index in [9.17, 15) is 9.59 Å². The summed E-state index contributed by atoms with van der Waals surface area (Å²) in [5.41, 5.74) is 0.00103. The first-order valence-electron chi connectivity index (χ1n) is 8.33. The Morgan fingerprint density at radius 3 is 2.48 bits per heavy atom. The van der Waals surface area contributed by atoms with E-state index in [0.717, 1.165) is 0 Å². The quantitative estimate of drug-likeness (QED) is 0.453. The van der Waals surface area contributed by atoms with Crippen molar-refractivity contribution in [3.05, 3.63) is 12.7 Å². The van der Waals surface area contributed by atoms with E-state index in [0.29, 0.717) is 32.5 Å². The highest BCUT2D eigenvalue weighted by Gasteiger charge is 2.62. The van der Waals surface area contributed by atoms with Crippen LogP contribution in [0.1, 0.15) is 33.1 Å². The minimum Gasteiger partial charge on any atom is -0.468 e. The highest BCUT2D eigenvalue weighted by atomic mass is 16.7. The molecule has 0 aromatic rings. The highest BCUT2D eigenvalue weighted by Crippen LogP contribution is 2.56. The number of carbonyl (C=O) groups excluding carboxylic acids is 2. The van der Waals surface area contributed by atoms with Gasteiger partial charge in [-0.1, -0.05) is 19.9 Å². The summed E-state index contributed by atoms with van der Waals surface area (Å²) >= 11 is 0. The predicted molar refractivity (Wildman–Crippen MR) is 83.4 cm³/mol. The molecule has 5 nitrogen and oxygen atoms in total. The van der Waals surface area contributed by atoms with Gasteiger partial charge in [-0.25, -0.2) is 0 Å². The van der Waals surface area contributed by atoms with Crippen LogP contribution in [0.4, 0.5) is 0 Å². The van der Waals surface area contributed by atoms with E-state index >= 15 is 0 Å². The van der Waals surface area contributed by atoms with E-state index in [1.807, 2.05) is 0 Å². The van der Waals surface area contributed by atoms with Crippen molar-refractivity contribution in [2.45, 2.75) is 38.9 Å². The number of Topliss-reactive ketones (excluding diaryl/α,β-unsaturated/α-hetero) is 1. The van der Waals surface area contributed by atoms with Gasteiger partial charge in [0.05, 0.1) is 20.3 Å². The molecule has 1 saturated heterocycles. The molecule has 1 heterocycles. The van der Waals surface area contributed by atoms with Crippen molar-refractivity contribution >= 4 is 11.8 Å². The topological polar surface area (TPSA) is 61.8 Å². The number of allylic oxidation sites excluding steroid dienone is 1. The normalized spacial score (nSPS) is 37.6. The number of rotatable bonds is 3. The number of methoxy groups -OCH3 is 1. The lowest BCUT2D eigenvalue weighted by Gasteiger charge is -2.42. The smallest absolute Gasteiger partial charge is 0.316 e. The average Bonchev–Trinajstić information content (AvgIpc) is 2.98. The van der Waals surface area contributed by atoms with Gasteiger partial charge in [0.1, 0.15) is 5.92 Å². The SMILES string of the molecule is C=CC[C@@H]1C(=O)C(C(=O)OC)[C@H]2CC3(C[C@@H]12)OCC(C)(C)CO3. The molecule has 3 fully saturated rings. The summed E-state index contributed by atoms with van der Waals surface area (Å²) in [6.45, 7) is 9.24. The van der Waals surface area contributed by atoms with Crippen LogP contribution in [-0.2, 0) is 23.8 Å². The van der Waals surface area contributed by atoms with Crippen molar-refractivity contribution in [2.75, 3.05) is 20.3 Å². The maximum Gasteiger partial charge on any atom is 0.316 e. The second kappa shape index (κ2) is 5.71. The van der Waals surface area contributed by atoms with Crippen LogP contribution in [0.3, 0.4) is 0 Å². The van der Waals surface area contributed by atoms with E-state index in [-0.39, 0.29) is 29.0 Å². The van der Waals surface area contributed by atoms with Crippen LogP contribution in [0.15, 0.2) is 12.7 Å². The molecule has 0 N–H and O–H groups in total. The molecule has 128 valence electrons. The van der Waals surface area contributed by atoms with E-state index in [2.05, 4.69) is 20.4 Å². The molecule has 0 amide bonds. The van der Waals surface area contributed by atoms with E-state index in [1.165, 1.54) is 7.11 Å². The van der Waals surface area contributed by atoms with Crippen LogP contribution in [-0.4, -0.2) is 37.9 Å². The Morgan fingerprint density at radius 2 is 1.91 bits per heavy atom. The molecular weight excluding hydrogens is 296 g/mol. The molecular formula is C18H26O5. The van der Waals surface area contributed by atoms with Crippen molar-refractivity contribution in [3.63, 3.8) is 0 Å². The van der Waals surface area contributed by atoms with Gasteiger partial charge in [-0.15, -0.1) is 6.58 Å². The average molecular weight is 322 g/mol. The Hall–Kier alpha value is -1.20. The molecule has 3 rings (SSSR count). The van der Waals surface area contributed by atoms with Gasteiger partial charge in [0.15, 0.2) is 11.6 Å². The first-order valence-corrected chi connectivity index (χ1v) is 8.33. The van der Waals surface area contributed by atoms with Crippen LogP contribution in [0.5, 0.6) is 0 Å². The predicted octanol–water partition coefficient (Wildman–Crippen LogP) is 2.35. The number of fused-ring (bicyclic) bond motifs is 1. The lowest BCUT2D eigenvalue weighted by atomic mass is 9.88. The first-order chi connectivity index (χ1) is 10.8. The Bertz CT molecular complexity index is 514. The van der Waals surface area contributed by atoms with Crippen molar-refractivity contribution in [2.24, 2.45) is 29.1 Å². The fraction of sp³-hybridized carbons (Fsp3) is 0.778. The standard InChI is InChI=1S/C18H26O5/c1-5-6-11-12-7-18(22-9-17(2,3)10-23-18)8-13(12)14(15(11)19)16(20)21-4/h5,11-14H,1,6-10H2,2-4H3/t11-,12-,13-,14?/m0/s1. The monoisotopic (exact) mass is 322 g/mol. The molecule has 23 heavy (non-hydrogen) atoms. The summed E-state index contributed by atoms with van der Waals surface area (Å²) < 4.78 is 17.1. The van der Waals surface area contributed by atoms with E-state index in [1.54, 1.807) is 6.08 Å². The Balaban J connectivity index is 1.83. The van der Waals surface area contributed by atoms with Crippen LogP contribution in [0.25, 0.3) is 0 Å². The van der Waals surface area contributed by atoms with Crippen LogP contribution >= 0.6 is 0 Å². The molecule has 0 aromatic carbocycles. The number of hydrogen-bond donors (Lipinski definition) is 0. The summed E-state index contributed by atoms with van der Waals surface area (Å²) in [6.07, 6.45) is 3.61. The number of carbonyl (C=O) groups is 2. The largest absolute Gasteiger partial charge is 0.468 e. The fourth-order valence-corrected chi connectivity index (χ4v) is 4.42. The maximum absolute atomic E-state index is 12.7. The molecule has 5 heteroatoms. The zero-order valence-corrected chi connectivity index (χ0v) is 14.2. The fourth-order valence-electron chi connectivity index (χ4n) is 4.42. The summed E-state index contributed by atoms with van der Waals surface area (Å²) in [6, 6.07) is 0. The van der Waals surface area contributed by atoms with E-state index in [4.69, 9.17) is 14.2 Å². The molecule has 0 aromatic heterocycles. The number of ether oxygens (including phenoxy) is 3. The van der Waals surface area contributed by atoms with Gasteiger partial charge in [-0.3, -0.25) is 9.59 Å². The summed E-state index contributed by atoms with van der Waals surface area (Å²) in [7, 11) is 1.34. The van der Waals surface area contributed by atoms with Crippen LogP contribution in [0.2, 0.25) is 0 Å². The van der Waals surface area contributed by atoms with Gasteiger partial charge in [0.2, 0.25) is 0 Å². The maximum atomic E-state index is 12.7. The van der Waals surface area contributed by atoms with E-state index < -0.39 is 17.7 Å². The van der Waals surface area contributed by atoms with Gasteiger partial charge >= 0.3 is 5.97 Å². The lowest BCUT2D eigenvalue weighted by molar-refractivity contribution is -0.297. The second-order valence-electron chi connectivity index (χ2n) is 7.92. The van der Waals surface area contributed by atoms with Crippen molar-refractivity contribution in [1.29, 1.82) is 0 Å². The molecule has 4 atom stereocenters. The summed E-state index contributed by atoms with van der Waals surface area (Å²) in [5, 5.41) is 0. The van der Waals surface area contributed by atoms with Crippen molar-refractivity contribution < 1.29 is 23.8 Å². The van der Waals surface area contributed by atoms with Crippen molar-refractivity contribution in [3.8, 4) is 0 Å². The Morgan fingerprint density at radius 1 is 1.30 bits per heavy atom. The molecule has 0 bridgehead atoms. The lowest BCUT2D eigenvalue weighted by Crippen LogP contribution is -2.47. The molecule has 2 aliphatic carbocycles. The minimum atomic E-state index is -0.684. The van der Waals surface area contributed by atoms with Gasteiger partial charge in [-0.2, -0.15) is 0 Å². The second-order valence-corrected chi connectivity index (χ2v) is 7.92. The zero-order valence-electron chi connectivity index (χ0n) is 14.2. The Kier molecular flexibility index (Phi) is 4.13. The molecule has 1 aliphatic heterocycles. The highest BCUT2D eigenvalue weighted by molar-refractivity contribution is 6.02. The molecule has 1 unspecified atom stereocenters. The van der Waals surface area contributed by atoms with Crippen LogP contribution < -0.4 is 0 Å². The number of ketones is 1. The summed E-state index contributed by atoms with van der Waals surface area (Å²) in [4.78, 5) is 24.8. The first kappa shape index (κ1) is 16.7. The van der Waals surface area contributed by atoms with Gasteiger partial charge in [0.25, 0.3) is 0 Å². The van der Waals surface area contributed by atoms with Gasteiger partial charge in [-0.05, 0) is 18.3 Å². The molecule has 0 radical (unpaired) electrons. The van der Waals surface area contributed by atoms with Crippen molar-refractivity contribution in [1.82, 2.24) is 0 Å². The molecule has 2 saturated carbocycles. The Labute approximate surface area is 137 Å². The van der Waals surface area contributed by atoms with Gasteiger partial charge in [0, 0.05) is 24.2 Å². The molecule has 1 spiro atoms. The number of hydrogen-bond acceptors (Lipinski definition) is 5. The third kappa shape index (κ3) is 2.74. The number of esters is 1. The molecule has 3 aliphatic rings. The zero-order chi connectivity index (χ0) is 16.8. The third-order valence-electron chi connectivity index (χ3n) is 5.59. The summed E-state index contributed by atoms with van der Waals surface area (Å²) in [5.74, 6) is -1.88. The third-order valence-corrected chi connectivity index (χ3v) is 5.59. The van der Waals surface area contributed by atoms with Gasteiger partial charge < -0.3 is 14.2 Å².